The number of hydrogen-bond donors (Lipinski definition) is 2. The summed E-state index contributed by atoms with van der Waals surface area (Å²) in [4.78, 5) is 4.67. The average molecular weight is 500 g/mol. The molecular weight excluding hydrogens is 475 g/mol. The van der Waals surface area contributed by atoms with Crippen molar-refractivity contribution in [1.82, 2.24) is 25.2 Å². The Labute approximate surface area is 187 Å². The Kier molecular flexibility index (Phi) is 7.40. The second-order valence-electron chi connectivity index (χ2n) is 6.56. The summed E-state index contributed by atoms with van der Waals surface area (Å²) in [6, 6.07) is 20.8. The van der Waals surface area contributed by atoms with Crippen LogP contribution in [0.2, 0.25) is 0 Å². The lowest BCUT2D eigenvalue weighted by Gasteiger charge is -2.12. The average Bonchev–Trinajstić information content (AvgIpc) is 3.15. The number of pyridine rings is 1. The van der Waals surface area contributed by atoms with E-state index >= 15 is 0 Å². The van der Waals surface area contributed by atoms with E-state index in [9.17, 15) is 0 Å². The Morgan fingerprint density at radius 3 is 2.69 bits per heavy atom. The molecule has 0 saturated heterocycles. The molecule has 2 aromatic carbocycles. The van der Waals surface area contributed by atoms with E-state index in [2.05, 4.69) is 75.2 Å². The number of fused-ring (bicyclic) bond motifs is 2. The highest BCUT2D eigenvalue weighted by Gasteiger charge is 2.05. The van der Waals surface area contributed by atoms with E-state index in [0.29, 0.717) is 6.54 Å². The van der Waals surface area contributed by atoms with Crippen LogP contribution in [-0.4, -0.2) is 33.6 Å². The van der Waals surface area contributed by atoms with Crippen molar-refractivity contribution in [2.24, 2.45) is 4.99 Å². The van der Waals surface area contributed by atoms with Gasteiger partial charge in [-0.1, -0.05) is 48.5 Å². The number of guanidine groups is 1. The highest BCUT2D eigenvalue weighted by atomic mass is 127. The summed E-state index contributed by atoms with van der Waals surface area (Å²) in [5, 5.41) is 17.7. The number of halogens is 1. The quantitative estimate of drug-likeness (QED) is 0.240. The molecule has 2 aromatic heterocycles. The molecule has 0 bridgehead atoms. The van der Waals surface area contributed by atoms with Gasteiger partial charge in [0, 0.05) is 19.3 Å². The van der Waals surface area contributed by atoms with Crippen LogP contribution in [0.1, 0.15) is 18.3 Å². The van der Waals surface area contributed by atoms with Gasteiger partial charge in [0.25, 0.3) is 0 Å². The van der Waals surface area contributed by atoms with Crippen LogP contribution in [-0.2, 0) is 13.0 Å². The van der Waals surface area contributed by atoms with E-state index in [1.54, 1.807) is 0 Å². The van der Waals surface area contributed by atoms with E-state index in [1.807, 2.05) is 28.8 Å². The van der Waals surface area contributed by atoms with E-state index < -0.39 is 0 Å². The largest absolute Gasteiger partial charge is 0.357 e. The Hall–Kier alpha value is -2.68. The maximum atomic E-state index is 4.67. The Balaban J connectivity index is 0.00000240. The van der Waals surface area contributed by atoms with Crippen molar-refractivity contribution >= 4 is 46.4 Å². The third-order valence-corrected chi connectivity index (χ3v) is 4.67. The third-order valence-electron chi connectivity index (χ3n) is 4.67. The number of benzene rings is 2. The molecule has 0 unspecified atom stereocenters. The smallest absolute Gasteiger partial charge is 0.191 e. The first kappa shape index (κ1) is 21.0. The summed E-state index contributed by atoms with van der Waals surface area (Å²) in [5.74, 6) is 1.61. The third kappa shape index (κ3) is 5.03. The first-order chi connectivity index (χ1) is 13.8. The molecule has 150 valence electrons. The fourth-order valence-corrected chi connectivity index (χ4v) is 3.32. The number of nitrogens with zero attached hydrogens (tertiary/aromatic N) is 4. The van der Waals surface area contributed by atoms with Crippen molar-refractivity contribution in [3.05, 3.63) is 78.2 Å². The van der Waals surface area contributed by atoms with Gasteiger partial charge < -0.3 is 10.6 Å². The first-order valence-electron chi connectivity index (χ1n) is 9.62. The zero-order chi connectivity index (χ0) is 19.2. The molecule has 0 radical (unpaired) electrons. The topological polar surface area (TPSA) is 66.6 Å². The molecule has 0 fully saturated rings. The molecule has 0 amide bonds. The fourth-order valence-electron chi connectivity index (χ4n) is 3.32. The van der Waals surface area contributed by atoms with Gasteiger partial charge in [-0.05, 0) is 41.8 Å². The predicted octanol–water partition coefficient (Wildman–Crippen LogP) is 3.80. The molecule has 0 saturated carbocycles. The van der Waals surface area contributed by atoms with Crippen LogP contribution in [0.25, 0.3) is 16.4 Å². The van der Waals surface area contributed by atoms with Gasteiger partial charge in [-0.25, -0.2) is 4.99 Å². The minimum Gasteiger partial charge on any atom is -0.357 e. The first-order valence-corrected chi connectivity index (χ1v) is 9.62. The molecule has 0 aliphatic heterocycles. The summed E-state index contributed by atoms with van der Waals surface area (Å²) in [6.07, 6.45) is 2.89. The van der Waals surface area contributed by atoms with Crippen LogP contribution in [0.5, 0.6) is 0 Å². The van der Waals surface area contributed by atoms with Gasteiger partial charge in [0.2, 0.25) is 0 Å². The van der Waals surface area contributed by atoms with Crippen LogP contribution in [0, 0.1) is 0 Å². The molecule has 7 heteroatoms. The standard InChI is InChI=1S/C22H24N6.HI/c1-2-23-22(25-16-21-27-26-20-12-5-6-15-28(20)21)24-14-13-18-10-7-9-17-8-3-4-11-19(17)18;/h3-12,15H,2,13-14,16H2,1H3,(H2,23,24,25);1H. The monoisotopic (exact) mass is 500 g/mol. The second-order valence-corrected chi connectivity index (χ2v) is 6.56. The highest BCUT2D eigenvalue weighted by molar-refractivity contribution is 14.0. The number of rotatable bonds is 6. The Morgan fingerprint density at radius 2 is 1.79 bits per heavy atom. The zero-order valence-electron chi connectivity index (χ0n) is 16.4. The lowest BCUT2D eigenvalue weighted by molar-refractivity contribution is 0.789. The molecule has 0 aliphatic carbocycles. The lowest BCUT2D eigenvalue weighted by Crippen LogP contribution is -2.38. The summed E-state index contributed by atoms with van der Waals surface area (Å²) >= 11 is 0. The highest BCUT2D eigenvalue weighted by Crippen LogP contribution is 2.18. The van der Waals surface area contributed by atoms with Crippen LogP contribution in [0.4, 0.5) is 0 Å². The number of nitrogens with one attached hydrogen (secondary N) is 2. The molecule has 29 heavy (non-hydrogen) atoms. The summed E-state index contributed by atoms with van der Waals surface area (Å²) in [6.45, 7) is 4.14. The van der Waals surface area contributed by atoms with Crippen molar-refractivity contribution in [2.75, 3.05) is 13.1 Å². The van der Waals surface area contributed by atoms with Crippen LogP contribution >= 0.6 is 24.0 Å². The maximum Gasteiger partial charge on any atom is 0.191 e. The minimum absolute atomic E-state index is 0. The van der Waals surface area contributed by atoms with Crippen LogP contribution in [0.15, 0.2) is 71.9 Å². The fraction of sp³-hybridized carbons (Fsp3) is 0.227. The number of hydrogen-bond acceptors (Lipinski definition) is 3. The van der Waals surface area contributed by atoms with Gasteiger partial charge in [-0.3, -0.25) is 4.40 Å². The van der Waals surface area contributed by atoms with Crippen LogP contribution in [0.3, 0.4) is 0 Å². The van der Waals surface area contributed by atoms with Gasteiger partial charge in [-0.15, -0.1) is 34.2 Å². The van der Waals surface area contributed by atoms with Gasteiger partial charge in [0.05, 0.1) is 0 Å². The predicted molar refractivity (Wildman–Crippen MR) is 129 cm³/mol. The second kappa shape index (κ2) is 10.2. The zero-order valence-corrected chi connectivity index (χ0v) is 18.7. The molecule has 2 N–H and O–H groups in total. The summed E-state index contributed by atoms with van der Waals surface area (Å²) in [7, 11) is 0. The van der Waals surface area contributed by atoms with E-state index in [-0.39, 0.29) is 24.0 Å². The maximum absolute atomic E-state index is 4.67. The van der Waals surface area contributed by atoms with Crippen molar-refractivity contribution < 1.29 is 0 Å². The van der Waals surface area contributed by atoms with Gasteiger partial charge >= 0.3 is 0 Å². The van der Waals surface area contributed by atoms with E-state index in [4.69, 9.17) is 0 Å². The van der Waals surface area contributed by atoms with E-state index in [1.165, 1.54) is 16.3 Å². The molecule has 0 aliphatic rings. The molecular formula is C22H25IN6. The van der Waals surface area contributed by atoms with Crippen molar-refractivity contribution in [3.8, 4) is 0 Å². The van der Waals surface area contributed by atoms with Crippen molar-refractivity contribution in [1.29, 1.82) is 0 Å². The molecule has 6 nitrogen and oxygen atoms in total. The molecule has 4 aromatic rings. The summed E-state index contributed by atoms with van der Waals surface area (Å²) < 4.78 is 1.96. The van der Waals surface area contributed by atoms with Crippen molar-refractivity contribution in [3.63, 3.8) is 0 Å². The molecule has 2 heterocycles. The Bertz CT molecular complexity index is 1100. The Morgan fingerprint density at radius 1 is 0.966 bits per heavy atom. The summed E-state index contributed by atoms with van der Waals surface area (Å²) in [5.41, 5.74) is 2.17. The lowest BCUT2D eigenvalue weighted by atomic mass is 10.0. The minimum atomic E-state index is 0. The number of aliphatic imine (C=N–C) groups is 1. The van der Waals surface area contributed by atoms with Crippen molar-refractivity contribution in [2.45, 2.75) is 19.9 Å². The van der Waals surface area contributed by atoms with E-state index in [0.717, 1.165) is 36.9 Å². The van der Waals surface area contributed by atoms with Gasteiger partial charge in [0.1, 0.15) is 6.54 Å². The normalized spacial score (nSPS) is 11.4. The van der Waals surface area contributed by atoms with Gasteiger partial charge in [0.15, 0.2) is 17.4 Å². The number of aromatic nitrogens is 3. The molecule has 0 spiro atoms. The molecule has 0 atom stereocenters. The molecule has 4 rings (SSSR count). The van der Waals surface area contributed by atoms with Crippen LogP contribution < -0.4 is 10.6 Å². The van der Waals surface area contributed by atoms with Gasteiger partial charge in [-0.2, -0.15) is 0 Å². The SMILES string of the molecule is CCNC(=NCc1nnc2ccccn12)NCCc1cccc2ccccc12.I.